The summed E-state index contributed by atoms with van der Waals surface area (Å²) in [5.41, 5.74) is 0.916. The van der Waals surface area contributed by atoms with Gasteiger partial charge in [-0.25, -0.2) is 4.79 Å². The molecule has 25 heavy (non-hydrogen) atoms. The van der Waals surface area contributed by atoms with Gasteiger partial charge in [0.15, 0.2) is 5.11 Å². The van der Waals surface area contributed by atoms with E-state index in [1.807, 2.05) is 0 Å². The number of anilines is 1. The highest BCUT2D eigenvalue weighted by Gasteiger charge is 2.26. The summed E-state index contributed by atoms with van der Waals surface area (Å²) in [5.74, 6) is -0.671. The fourth-order valence-electron chi connectivity index (χ4n) is 2.52. The molecule has 138 valence electrons. The fraction of sp³-hybridized carbons (Fsp3) is 0.562. The molecule has 7 nitrogen and oxygen atoms in total. The lowest BCUT2D eigenvalue weighted by molar-refractivity contribution is 0.0601. The first-order valence-electron chi connectivity index (χ1n) is 7.95. The maximum Gasteiger partial charge on any atom is 0.341 e. The summed E-state index contributed by atoms with van der Waals surface area (Å²) in [7, 11) is 4.64. The Labute approximate surface area is 156 Å². The third-order valence-corrected chi connectivity index (χ3v) is 5.32. The zero-order valence-corrected chi connectivity index (χ0v) is 16.4. The quantitative estimate of drug-likeness (QED) is 0.593. The van der Waals surface area contributed by atoms with Crippen LogP contribution < -0.4 is 10.6 Å². The second-order valence-electron chi connectivity index (χ2n) is 5.92. The Kier molecular flexibility index (Phi) is 6.74. The molecule has 1 aromatic rings. The van der Waals surface area contributed by atoms with E-state index in [1.54, 1.807) is 21.0 Å². The molecule has 1 aromatic heterocycles. The van der Waals surface area contributed by atoms with E-state index >= 15 is 0 Å². The summed E-state index contributed by atoms with van der Waals surface area (Å²) in [5, 5.41) is 6.99. The van der Waals surface area contributed by atoms with Gasteiger partial charge in [-0.1, -0.05) is 0 Å². The number of carbonyl (C=O) groups excluding carboxylic acids is 2. The van der Waals surface area contributed by atoms with Crippen LogP contribution in [-0.2, 0) is 9.47 Å². The van der Waals surface area contributed by atoms with Gasteiger partial charge in [0.25, 0.3) is 5.91 Å². The Balaban J connectivity index is 2.16. The SMILES string of the molecule is COC(=O)c1c(NC(=S)NCC2CCCO2)sc(C(=O)N(C)C)c1C. The zero-order valence-electron chi connectivity index (χ0n) is 14.8. The number of hydrogen-bond acceptors (Lipinski definition) is 6. The Morgan fingerprint density at radius 2 is 2.16 bits per heavy atom. The highest BCUT2D eigenvalue weighted by Crippen LogP contribution is 2.34. The summed E-state index contributed by atoms with van der Waals surface area (Å²) >= 11 is 6.50. The number of nitrogens with one attached hydrogen (secondary N) is 2. The van der Waals surface area contributed by atoms with Gasteiger partial charge in [0.2, 0.25) is 0 Å². The van der Waals surface area contributed by atoms with E-state index in [-0.39, 0.29) is 12.0 Å². The Bertz CT molecular complexity index is 667. The van der Waals surface area contributed by atoms with Crippen LogP contribution in [0.25, 0.3) is 0 Å². The van der Waals surface area contributed by atoms with E-state index in [9.17, 15) is 9.59 Å². The van der Waals surface area contributed by atoms with Crippen molar-refractivity contribution in [3.8, 4) is 0 Å². The number of nitrogens with zero attached hydrogens (tertiary/aromatic N) is 1. The van der Waals surface area contributed by atoms with Crippen molar-refractivity contribution in [2.75, 3.05) is 39.7 Å². The minimum Gasteiger partial charge on any atom is -0.465 e. The molecule has 0 radical (unpaired) electrons. The number of esters is 1. The van der Waals surface area contributed by atoms with Gasteiger partial charge < -0.3 is 25.0 Å². The number of rotatable bonds is 5. The average molecular weight is 386 g/mol. The van der Waals surface area contributed by atoms with Crippen molar-refractivity contribution >= 4 is 45.5 Å². The predicted molar refractivity (Wildman–Crippen MR) is 102 cm³/mol. The molecular weight excluding hydrogens is 362 g/mol. The first kappa shape index (κ1) is 19.6. The molecule has 1 aliphatic heterocycles. The van der Waals surface area contributed by atoms with Gasteiger partial charge in [0.05, 0.1) is 23.7 Å². The second-order valence-corrected chi connectivity index (χ2v) is 7.35. The molecule has 2 rings (SSSR count). The van der Waals surface area contributed by atoms with Crippen molar-refractivity contribution in [2.24, 2.45) is 0 Å². The second kappa shape index (κ2) is 8.59. The van der Waals surface area contributed by atoms with Crippen LogP contribution in [0.15, 0.2) is 0 Å². The molecule has 1 unspecified atom stereocenters. The first-order valence-corrected chi connectivity index (χ1v) is 9.17. The van der Waals surface area contributed by atoms with Gasteiger partial charge in [-0.2, -0.15) is 0 Å². The van der Waals surface area contributed by atoms with E-state index < -0.39 is 5.97 Å². The predicted octanol–water partition coefficient (Wildman–Crippen LogP) is 2.01. The lowest BCUT2D eigenvalue weighted by Gasteiger charge is -2.14. The molecular formula is C16H23N3O4S2. The topological polar surface area (TPSA) is 79.9 Å². The fourth-order valence-corrected chi connectivity index (χ4v) is 3.99. The van der Waals surface area contributed by atoms with Crippen LogP contribution in [0.3, 0.4) is 0 Å². The molecule has 1 amide bonds. The third-order valence-electron chi connectivity index (χ3n) is 3.88. The number of ether oxygens (including phenoxy) is 2. The van der Waals surface area contributed by atoms with E-state index in [2.05, 4.69) is 10.6 Å². The van der Waals surface area contributed by atoms with Crippen molar-refractivity contribution in [3.05, 3.63) is 16.0 Å². The van der Waals surface area contributed by atoms with E-state index in [0.717, 1.165) is 19.4 Å². The molecule has 0 saturated carbocycles. The minimum atomic E-state index is -0.504. The minimum absolute atomic E-state index is 0.149. The zero-order chi connectivity index (χ0) is 18.6. The van der Waals surface area contributed by atoms with Gasteiger partial charge in [0, 0.05) is 27.2 Å². The van der Waals surface area contributed by atoms with Crippen LogP contribution in [0.5, 0.6) is 0 Å². The summed E-state index contributed by atoms with van der Waals surface area (Å²) in [4.78, 5) is 26.4. The molecule has 0 bridgehead atoms. The molecule has 0 aliphatic carbocycles. The van der Waals surface area contributed by atoms with Crippen LogP contribution in [0.1, 0.15) is 38.4 Å². The van der Waals surface area contributed by atoms with Crippen molar-refractivity contribution < 1.29 is 19.1 Å². The summed E-state index contributed by atoms with van der Waals surface area (Å²) in [6.07, 6.45) is 2.21. The van der Waals surface area contributed by atoms with Gasteiger partial charge in [0.1, 0.15) is 5.00 Å². The molecule has 1 aliphatic rings. The molecule has 1 atom stereocenters. The van der Waals surface area contributed by atoms with Crippen LogP contribution in [0.4, 0.5) is 5.00 Å². The van der Waals surface area contributed by atoms with Gasteiger partial charge in [-0.15, -0.1) is 11.3 Å². The van der Waals surface area contributed by atoms with Gasteiger partial charge in [-0.3, -0.25) is 4.79 Å². The van der Waals surface area contributed by atoms with Crippen LogP contribution >= 0.6 is 23.6 Å². The Hall–Kier alpha value is -1.71. The first-order chi connectivity index (χ1) is 11.8. The maximum atomic E-state index is 12.3. The Morgan fingerprint density at radius 3 is 2.72 bits per heavy atom. The van der Waals surface area contributed by atoms with Gasteiger partial charge >= 0.3 is 5.97 Å². The highest BCUT2D eigenvalue weighted by molar-refractivity contribution is 7.80. The normalized spacial score (nSPS) is 16.4. The number of carbonyl (C=O) groups is 2. The number of thiophene rings is 1. The van der Waals surface area contributed by atoms with Crippen molar-refractivity contribution in [3.63, 3.8) is 0 Å². The van der Waals surface area contributed by atoms with Crippen molar-refractivity contribution in [1.82, 2.24) is 10.2 Å². The largest absolute Gasteiger partial charge is 0.465 e. The molecule has 0 spiro atoms. The lowest BCUT2D eigenvalue weighted by atomic mass is 10.1. The molecule has 0 aromatic carbocycles. The molecule has 2 heterocycles. The van der Waals surface area contributed by atoms with Gasteiger partial charge in [-0.05, 0) is 37.5 Å². The average Bonchev–Trinajstić information content (AvgIpc) is 3.19. The van der Waals surface area contributed by atoms with Crippen LogP contribution in [-0.4, -0.2) is 62.3 Å². The summed E-state index contributed by atoms with van der Waals surface area (Å²) < 4.78 is 10.4. The molecule has 9 heteroatoms. The van der Waals surface area contributed by atoms with Crippen molar-refractivity contribution in [1.29, 1.82) is 0 Å². The molecule has 1 fully saturated rings. The highest BCUT2D eigenvalue weighted by atomic mass is 32.1. The van der Waals surface area contributed by atoms with E-state index in [4.69, 9.17) is 21.7 Å². The number of hydrogen-bond donors (Lipinski definition) is 2. The third kappa shape index (κ3) is 4.68. The number of thiocarbonyl (C=S) groups is 1. The standard InChI is InChI=1S/C16H23N3O4S2/c1-9-11(15(21)22-4)13(25-12(9)14(20)19(2)3)18-16(24)17-8-10-6-5-7-23-10/h10H,5-8H2,1-4H3,(H2,17,18,24). The monoisotopic (exact) mass is 385 g/mol. The summed E-state index contributed by atoms with van der Waals surface area (Å²) in [6, 6.07) is 0. The Morgan fingerprint density at radius 1 is 1.44 bits per heavy atom. The van der Waals surface area contributed by atoms with Crippen molar-refractivity contribution in [2.45, 2.75) is 25.9 Å². The van der Waals surface area contributed by atoms with Crippen LogP contribution in [0.2, 0.25) is 0 Å². The smallest absolute Gasteiger partial charge is 0.341 e. The number of amides is 1. The van der Waals surface area contributed by atoms with E-state index in [0.29, 0.717) is 32.7 Å². The number of methoxy groups -OCH3 is 1. The van der Waals surface area contributed by atoms with Crippen LogP contribution in [0, 0.1) is 6.92 Å². The van der Waals surface area contributed by atoms with E-state index in [1.165, 1.54) is 23.3 Å². The molecule has 2 N–H and O–H groups in total. The summed E-state index contributed by atoms with van der Waals surface area (Å²) in [6.45, 7) is 3.11. The molecule has 1 saturated heterocycles. The maximum absolute atomic E-state index is 12.3. The lowest BCUT2D eigenvalue weighted by Crippen LogP contribution is -2.34.